The van der Waals surface area contributed by atoms with Gasteiger partial charge in [-0.1, -0.05) is 30.3 Å². The Morgan fingerprint density at radius 2 is 2.00 bits per heavy atom. The quantitative estimate of drug-likeness (QED) is 0.847. The van der Waals surface area contributed by atoms with Gasteiger partial charge in [-0.3, -0.25) is 0 Å². The van der Waals surface area contributed by atoms with Gasteiger partial charge in [0.2, 0.25) is 0 Å². The number of carbonyl (C=O) groups excluding carboxylic acids is 1. The molecule has 0 saturated carbocycles. The minimum absolute atomic E-state index is 0.0708. The molecule has 5 heteroatoms. The van der Waals surface area contributed by atoms with Gasteiger partial charge in [0.25, 0.3) is 0 Å². The molecular formula is C15H24N2O2S. The number of hydrogen-bond acceptors (Lipinski definition) is 4. The molecule has 20 heavy (non-hydrogen) atoms. The van der Waals surface area contributed by atoms with E-state index >= 15 is 0 Å². The smallest absolute Gasteiger partial charge is 0.407 e. The van der Waals surface area contributed by atoms with E-state index in [-0.39, 0.29) is 6.04 Å². The van der Waals surface area contributed by atoms with Crippen LogP contribution in [0.15, 0.2) is 30.3 Å². The Morgan fingerprint density at radius 3 is 2.55 bits per heavy atom. The summed E-state index contributed by atoms with van der Waals surface area (Å²) in [6, 6.07) is 10.2. The average Bonchev–Trinajstić information content (AvgIpc) is 2.36. The van der Waals surface area contributed by atoms with Crippen LogP contribution in [0.4, 0.5) is 4.79 Å². The molecule has 1 aromatic rings. The highest BCUT2D eigenvalue weighted by Crippen LogP contribution is 2.13. The number of thioether (sulfide) groups is 1. The highest BCUT2D eigenvalue weighted by molar-refractivity contribution is 7.98. The monoisotopic (exact) mass is 296 g/mol. The molecule has 0 spiro atoms. The van der Waals surface area contributed by atoms with Gasteiger partial charge >= 0.3 is 6.09 Å². The standard InChI is InChI=1S/C15H24N2O2S/c1-15(2,3)19-14(18)17-13(9-16)11-20-10-12-7-5-4-6-8-12/h4-8,13H,9-11,16H2,1-3H3,(H,17,18). The Balaban J connectivity index is 2.31. The normalized spacial score (nSPS) is 12.8. The van der Waals surface area contributed by atoms with Gasteiger partial charge in [0.05, 0.1) is 6.04 Å². The molecule has 0 bridgehead atoms. The van der Waals surface area contributed by atoms with E-state index < -0.39 is 11.7 Å². The number of nitrogens with two attached hydrogens (primary N) is 1. The molecule has 1 amide bonds. The van der Waals surface area contributed by atoms with Crippen molar-refractivity contribution in [2.24, 2.45) is 5.73 Å². The molecule has 0 aliphatic heterocycles. The van der Waals surface area contributed by atoms with E-state index in [0.29, 0.717) is 6.54 Å². The fourth-order valence-electron chi connectivity index (χ4n) is 1.54. The Morgan fingerprint density at radius 1 is 1.35 bits per heavy atom. The third-order valence-electron chi connectivity index (χ3n) is 2.44. The van der Waals surface area contributed by atoms with Crippen LogP contribution < -0.4 is 11.1 Å². The number of hydrogen-bond donors (Lipinski definition) is 2. The zero-order chi connectivity index (χ0) is 15.0. The van der Waals surface area contributed by atoms with E-state index in [2.05, 4.69) is 17.4 Å². The third kappa shape index (κ3) is 7.40. The Bertz CT molecular complexity index is 404. The van der Waals surface area contributed by atoms with E-state index in [1.807, 2.05) is 39.0 Å². The molecule has 3 N–H and O–H groups in total. The first kappa shape index (κ1) is 16.9. The second-order valence-electron chi connectivity index (χ2n) is 5.58. The van der Waals surface area contributed by atoms with Crippen molar-refractivity contribution in [2.75, 3.05) is 12.3 Å². The number of alkyl carbamates (subject to hydrolysis) is 1. The molecule has 0 aliphatic carbocycles. The van der Waals surface area contributed by atoms with Crippen molar-refractivity contribution in [3.8, 4) is 0 Å². The summed E-state index contributed by atoms with van der Waals surface area (Å²) in [7, 11) is 0. The molecular weight excluding hydrogens is 272 g/mol. The number of ether oxygens (including phenoxy) is 1. The van der Waals surface area contributed by atoms with Crippen LogP contribution >= 0.6 is 11.8 Å². The number of carbonyl (C=O) groups is 1. The Kier molecular flexibility index (Phi) is 6.88. The van der Waals surface area contributed by atoms with E-state index in [1.165, 1.54) is 5.56 Å². The molecule has 0 aliphatic rings. The predicted molar refractivity (Wildman–Crippen MR) is 84.8 cm³/mol. The maximum atomic E-state index is 11.7. The Hall–Kier alpha value is -1.20. The third-order valence-corrected chi connectivity index (χ3v) is 3.61. The van der Waals surface area contributed by atoms with Crippen molar-refractivity contribution in [3.63, 3.8) is 0 Å². The van der Waals surface area contributed by atoms with Crippen LogP contribution in [0.3, 0.4) is 0 Å². The van der Waals surface area contributed by atoms with Gasteiger partial charge in [-0.15, -0.1) is 0 Å². The molecule has 0 aromatic heterocycles. The SMILES string of the molecule is CC(C)(C)OC(=O)NC(CN)CSCc1ccccc1. The molecule has 1 rings (SSSR count). The van der Waals surface area contributed by atoms with Crippen molar-refractivity contribution < 1.29 is 9.53 Å². The lowest BCUT2D eigenvalue weighted by Gasteiger charge is -2.22. The topological polar surface area (TPSA) is 64.3 Å². The molecule has 1 unspecified atom stereocenters. The number of rotatable bonds is 6. The van der Waals surface area contributed by atoms with Gasteiger partial charge < -0.3 is 15.8 Å². The first-order chi connectivity index (χ1) is 9.40. The molecule has 0 saturated heterocycles. The number of amides is 1. The lowest BCUT2D eigenvalue weighted by molar-refractivity contribution is 0.0511. The van der Waals surface area contributed by atoms with Gasteiger partial charge in [-0.05, 0) is 26.3 Å². The summed E-state index contributed by atoms with van der Waals surface area (Å²) >= 11 is 1.75. The van der Waals surface area contributed by atoms with Crippen LogP contribution in [0.1, 0.15) is 26.3 Å². The lowest BCUT2D eigenvalue weighted by Crippen LogP contribution is -2.44. The Labute approximate surface area is 125 Å². The summed E-state index contributed by atoms with van der Waals surface area (Å²) in [6.07, 6.45) is -0.409. The number of nitrogens with one attached hydrogen (secondary N) is 1. The fourth-order valence-corrected chi connectivity index (χ4v) is 2.59. The highest BCUT2D eigenvalue weighted by Gasteiger charge is 2.18. The van der Waals surface area contributed by atoms with E-state index in [1.54, 1.807) is 11.8 Å². The van der Waals surface area contributed by atoms with Gasteiger partial charge in [0, 0.05) is 18.1 Å². The molecule has 1 atom stereocenters. The van der Waals surface area contributed by atoms with Crippen LogP contribution in [-0.4, -0.2) is 30.0 Å². The zero-order valence-electron chi connectivity index (χ0n) is 12.4. The summed E-state index contributed by atoms with van der Waals surface area (Å²) in [5, 5.41) is 2.80. The van der Waals surface area contributed by atoms with Crippen molar-refractivity contribution in [2.45, 2.75) is 38.2 Å². The minimum atomic E-state index is -0.486. The summed E-state index contributed by atoms with van der Waals surface area (Å²) < 4.78 is 5.22. The van der Waals surface area contributed by atoms with Gasteiger partial charge in [0.1, 0.15) is 5.60 Å². The number of benzene rings is 1. The summed E-state index contributed by atoms with van der Waals surface area (Å²) in [5.41, 5.74) is 6.46. The maximum Gasteiger partial charge on any atom is 0.407 e. The molecule has 1 aromatic carbocycles. The van der Waals surface area contributed by atoms with Crippen molar-refractivity contribution in [1.82, 2.24) is 5.32 Å². The van der Waals surface area contributed by atoms with Crippen LogP contribution in [0.2, 0.25) is 0 Å². The lowest BCUT2D eigenvalue weighted by atomic mass is 10.2. The van der Waals surface area contributed by atoms with Crippen LogP contribution in [0.25, 0.3) is 0 Å². The van der Waals surface area contributed by atoms with Crippen LogP contribution in [-0.2, 0) is 10.5 Å². The second kappa shape index (κ2) is 8.17. The van der Waals surface area contributed by atoms with Crippen molar-refractivity contribution in [3.05, 3.63) is 35.9 Å². The van der Waals surface area contributed by atoms with Crippen molar-refractivity contribution in [1.29, 1.82) is 0 Å². The fraction of sp³-hybridized carbons (Fsp3) is 0.533. The summed E-state index contributed by atoms with van der Waals surface area (Å²) in [6.45, 7) is 5.93. The largest absolute Gasteiger partial charge is 0.444 e. The van der Waals surface area contributed by atoms with Crippen LogP contribution in [0.5, 0.6) is 0 Å². The van der Waals surface area contributed by atoms with Crippen LogP contribution in [0, 0.1) is 0 Å². The van der Waals surface area contributed by atoms with Gasteiger partial charge in [-0.25, -0.2) is 4.79 Å². The molecule has 0 heterocycles. The van der Waals surface area contributed by atoms with E-state index in [4.69, 9.17) is 10.5 Å². The van der Waals surface area contributed by atoms with Gasteiger partial charge in [0.15, 0.2) is 0 Å². The highest BCUT2D eigenvalue weighted by atomic mass is 32.2. The molecule has 4 nitrogen and oxygen atoms in total. The van der Waals surface area contributed by atoms with Gasteiger partial charge in [-0.2, -0.15) is 11.8 Å². The zero-order valence-corrected chi connectivity index (χ0v) is 13.2. The molecule has 0 fully saturated rings. The second-order valence-corrected chi connectivity index (χ2v) is 6.61. The van der Waals surface area contributed by atoms with E-state index in [0.717, 1.165) is 11.5 Å². The minimum Gasteiger partial charge on any atom is -0.444 e. The first-order valence-corrected chi connectivity index (χ1v) is 7.87. The summed E-state index contributed by atoms with van der Waals surface area (Å²) in [4.78, 5) is 11.7. The summed E-state index contributed by atoms with van der Waals surface area (Å²) in [5.74, 6) is 1.68. The predicted octanol–water partition coefficient (Wildman–Crippen LogP) is 2.77. The molecule has 0 radical (unpaired) electrons. The van der Waals surface area contributed by atoms with E-state index in [9.17, 15) is 4.79 Å². The maximum absolute atomic E-state index is 11.7. The molecule has 112 valence electrons. The average molecular weight is 296 g/mol. The first-order valence-electron chi connectivity index (χ1n) is 6.72. The van der Waals surface area contributed by atoms with Crippen molar-refractivity contribution >= 4 is 17.9 Å².